The monoisotopic (exact) mass is 204 g/mol. The number of pyridine rings is 1. The molecule has 0 radical (unpaired) electrons. The van der Waals surface area contributed by atoms with Crippen molar-refractivity contribution in [2.75, 3.05) is 11.5 Å². The Hall–Kier alpha value is -1.01. The highest BCUT2D eigenvalue weighted by atomic mass is 32.2. The first kappa shape index (κ1) is 9.54. The van der Waals surface area contributed by atoms with Gasteiger partial charge in [-0.1, -0.05) is 0 Å². The van der Waals surface area contributed by atoms with Gasteiger partial charge in [-0.3, -0.25) is 0 Å². The predicted octanol–water partition coefficient (Wildman–Crippen LogP) is 2.56. The molecule has 0 aliphatic carbocycles. The van der Waals surface area contributed by atoms with Crippen LogP contribution in [0.15, 0.2) is 18.3 Å². The lowest BCUT2D eigenvalue weighted by atomic mass is 9.94. The van der Waals surface area contributed by atoms with Gasteiger partial charge >= 0.3 is 0 Å². The van der Waals surface area contributed by atoms with Gasteiger partial charge in [-0.05, 0) is 48.0 Å². The van der Waals surface area contributed by atoms with Crippen LogP contribution in [-0.4, -0.2) is 16.5 Å². The third-order valence-electron chi connectivity index (χ3n) is 2.59. The maximum atomic E-state index is 8.74. The maximum Gasteiger partial charge on any atom is 0.140 e. The van der Waals surface area contributed by atoms with E-state index in [1.54, 1.807) is 6.20 Å². The Morgan fingerprint density at radius 1 is 1.43 bits per heavy atom. The molecular weight excluding hydrogens is 192 g/mol. The molecule has 1 fully saturated rings. The van der Waals surface area contributed by atoms with Gasteiger partial charge in [-0.25, -0.2) is 4.98 Å². The smallest absolute Gasteiger partial charge is 0.140 e. The fraction of sp³-hybridized carbons (Fsp3) is 0.455. The van der Waals surface area contributed by atoms with Crippen LogP contribution in [0, 0.1) is 11.3 Å². The standard InChI is InChI=1S/C11H12N2S/c12-8-11-7-10(1-4-13-11)9-2-5-14-6-3-9/h1,4,7,9H,2-3,5-6H2. The van der Waals surface area contributed by atoms with E-state index < -0.39 is 0 Å². The van der Waals surface area contributed by atoms with Crippen LogP contribution in [0.5, 0.6) is 0 Å². The van der Waals surface area contributed by atoms with E-state index in [-0.39, 0.29) is 0 Å². The van der Waals surface area contributed by atoms with E-state index in [0.717, 1.165) is 0 Å². The lowest BCUT2D eigenvalue weighted by molar-refractivity contribution is 0.636. The second kappa shape index (κ2) is 4.47. The fourth-order valence-electron chi connectivity index (χ4n) is 1.79. The molecule has 3 heteroatoms. The molecular formula is C11H12N2S. The Bertz CT molecular complexity index is 351. The summed E-state index contributed by atoms with van der Waals surface area (Å²) < 4.78 is 0. The molecule has 1 aromatic rings. The minimum atomic E-state index is 0.542. The van der Waals surface area contributed by atoms with Crippen molar-refractivity contribution in [3.8, 4) is 6.07 Å². The van der Waals surface area contributed by atoms with Gasteiger partial charge in [0, 0.05) is 6.20 Å². The molecule has 1 saturated heterocycles. The number of hydrogen-bond acceptors (Lipinski definition) is 3. The largest absolute Gasteiger partial charge is 0.246 e. The first-order valence-corrected chi connectivity index (χ1v) is 5.99. The van der Waals surface area contributed by atoms with Gasteiger partial charge in [0.05, 0.1) is 0 Å². The normalized spacial score (nSPS) is 17.6. The zero-order valence-corrected chi connectivity index (χ0v) is 8.76. The highest BCUT2D eigenvalue weighted by Crippen LogP contribution is 2.31. The molecule has 14 heavy (non-hydrogen) atoms. The molecule has 0 N–H and O–H groups in total. The van der Waals surface area contributed by atoms with E-state index in [1.165, 1.54) is 29.9 Å². The molecule has 2 heterocycles. The van der Waals surface area contributed by atoms with Crippen molar-refractivity contribution in [2.24, 2.45) is 0 Å². The first-order chi connectivity index (χ1) is 6.90. The zero-order chi connectivity index (χ0) is 9.80. The summed E-state index contributed by atoms with van der Waals surface area (Å²) in [6, 6.07) is 6.06. The Labute approximate surface area is 88.4 Å². The third-order valence-corrected chi connectivity index (χ3v) is 3.64. The minimum absolute atomic E-state index is 0.542. The average Bonchev–Trinajstić information content (AvgIpc) is 2.30. The highest BCUT2D eigenvalue weighted by Gasteiger charge is 2.15. The molecule has 1 aliphatic heterocycles. The van der Waals surface area contributed by atoms with Gasteiger partial charge < -0.3 is 0 Å². The summed E-state index contributed by atoms with van der Waals surface area (Å²) in [6.07, 6.45) is 4.22. The van der Waals surface area contributed by atoms with Crippen LogP contribution < -0.4 is 0 Å². The van der Waals surface area contributed by atoms with Crippen LogP contribution in [0.3, 0.4) is 0 Å². The Morgan fingerprint density at radius 3 is 2.93 bits per heavy atom. The number of nitrogens with zero attached hydrogens (tertiary/aromatic N) is 2. The van der Waals surface area contributed by atoms with Gasteiger partial charge in [-0.2, -0.15) is 17.0 Å². The molecule has 72 valence electrons. The molecule has 1 aromatic heterocycles. The lowest BCUT2D eigenvalue weighted by Gasteiger charge is -2.21. The molecule has 0 spiro atoms. The molecule has 0 bridgehead atoms. The molecule has 0 saturated carbocycles. The lowest BCUT2D eigenvalue weighted by Crippen LogP contribution is -2.08. The fourth-order valence-corrected chi connectivity index (χ4v) is 2.90. The maximum absolute atomic E-state index is 8.74. The SMILES string of the molecule is N#Cc1cc(C2CCSCC2)ccn1. The van der Waals surface area contributed by atoms with Crippen LogP contribution in [0.25, 0.3) is 0 Å². The van der Waals surface area contributed by atoms with Crippen molar-refractivity contribution in [3.05, 3.63) is 29.6 Å². The number of rotatable bonds is 1. The number of thioether (sulfide) groups is 1. The second-order valence-electron chi connectivity index (χ2n) is 3.47. The van der Waals surface area contributed by atoms with Crippen molar-refractivity contribution in [3.63, 3.8) is 0 Å². The van der Waals surface area contributed by atoms with E-state index in [2.05, 4.69) is 11.1 Å². The van der Waals surface area contributed by atoms with Gasteiger partial charge in [0.1, 0.15) is 11.8 Å². The Morgan fingerprint density at radius 2 is 2.21 bits per heavy atom. The van der Waals surface area contributed by atoms with Gasteiger partial charge in [0.15, 0.2) is 0 Å². The van der Waals surface area contributed by atoms with Gasteiger partial charge in [0.25, 0.3) is 0 Å². The highest BCUT2D eigenvalue weighted by molar-refractivity contribution is 7.99. The molecule has 1 aliphatic rings. The summed E-state index contributed by atoms with van der Waals surface area (Å²) in [7, 11) is 0. The molecule has 0 aromatic carbocycles. The number of hydrogen-bond donors (Lipinski definition) is 0. The molecule has 0 atom stereocenters. The quantitative estimate of drug-likeness (QED) is 0.705. The average molecular weight is 204 g/mol. The Kier molecular flexibility index (Phi) is 3.05. The predicted molar refractivity (Wildman–Crippen MR) is 58.3 cm³/mol. The molecule has 2 nitrogen and oxygen atoms in total. The van der Waals surface area contributed by atoms with E-state index in [0.29, 0.717) is 11.6 Å². The third kappa shape index (κ3) is 2.08. The van der Waals surface area contributed by atoms with Crippen LogP contribution in [0.4, 0.5) is 0 Å². The van der Waals surface area contributed by atoms with Crippen LogP contribution >= 0.6 is 11.8 Å². The van der Waals surface area contributed by atoms with E-state index in [4.69, 9.17) is 5.26 Å². The van der Waals surface area contributed by atoms with Crippen LogP contribution in [0.2, 0.25) is 0 Å². The topological polar surface area (TPSA) is 36.7 Å². The summed E-state index contributed by atoms with van der Waals surface area (Å²) in [5.41, 5.74) is 1.83. The summed E-state index contributed by atoms with van der Waals surface area (Å²) in [5, 5.41) is 8.74. The minimum Gasteiger partial charge on any atom is -0.246 e. The summed E-state index contributed by atoms with van der Waals surface area (Å²) in [5.74, 6) is 3.13. The van der Waals surface area contributed by atoms with Crippen LogP contribution in [0.1, 0.15) is 30.0 Å². The first-order valence-electron chi connectivity index (χ1n) is 4.84. The van der Waals surface area contributed by atoms with E-state index in [9.17, 15) is 0 Å². The van der Waals surface area contributed by atoms with Crippen molar-refractivity contribution >= 4 is 11.8 Å². The molecule has 0 amide bonds. The van der Waals surface area contributed by atoms with Gasteiger partial charge in [0.2, 0.25) is 0 Å². The number of nitriles is 1. The zero-order valence-electron chi connectivity index (χ0n) is 7.94. The van der Waals surface area contributed by atoms with Crippen molar-refractivity contribution in [2.45, 2.75) is 18.8 Å². The van der Waals surface area contributed by atoms with E-state index in [1.807, 2.05) is 23.9 Å². The molecule has 0 unspecified atom stereocenters. The summed E-state index contributed by atoms with van der Waals surface area (Å²) >= 11 is 2.02. The summed E-state index contributed by atoms with van der Waals surface area (Å²) in [4.78, 5) is 3.99. The summed E-state index contributed by atoms with van der Waals surface area (Å²) in [6.45, 7) is 0. The van der Waals surface area contributed by atoms with Gasteiger partial charge in [-0.15, -0.1) is 0 Å². The van der Waals surface area contributed by atoms with E-state index >= 15 is 0 Å². The van der Waals surface area contributed by atoms with Crippen LogP contribution in [-0.2, 0) is 0 Å². The number of aromatic nitrogens is 1. The second-order valence-corrected chi connectivity index (χ2v) is 4.70. The molecule has 2 rings (SSSR count). The van der Waals surface area contributed by atoms with Crippen molar-refractivity contribution in [1.29, 1.82) is 5.26 Å². The Balaban J connectivity index is 2.18. The van der Waals surface area contributed by atoms with Crippen molar-refractivity contribution in [1.82, 2.24) is 4.98 Å². The van der Waals surface area contributed by atoms with Crippen molar-refractivity contribution < 1.29 is 0 Å².